The Morgan fingerprint density at radius 3 is 1.54 bits per heavy atom. The van der Waals surface area contributed by atoms with Gasteiger partial charge in [0.15, 0.2) is 0 Å². The fourth-order valence-corrected chi connectivity index (χ4v) is 5.41. The second-order valence-corrected chi connectivity index (χ2v) is 12.6. The maximum atomic E-state index is 13.3. The van der Waals surface area contributed by atoms with Crippen molar-refractivity contribution in [2.45, 2.75) is 32.5 Å². The molecule has 8 nitrogen and oxygen atoms in total. The van der Waals surface area contributed by atoms with Crippen LogP contribution < -0.4 is 0 Å². The number of likely N-dealkylation sites (N-methyl/N-ethyl adjacent to an activating group) is 2. The highest BCUT2D eigenvalue weighted by atomic mass is 127. The lowest BCUT2D eigenvalue weighted by Crippen LogP contribution is -2.28. The SMILES string of the molecule is CCC(OC(=O)n1cc(CCN(C)C)c2ccc(I)cc21)OC(=O)n1cc(CCN(C)C)c2ccc(I)cc21. The monoisotopic (exact) mass is 756 g/mol. The highest BCUT2D eigenvalue weighted by molar-refractivity contribution is 14.1. The predicted molar refractivity (Wildman–Crippen MR) is 172 cm³/mol. The van der Waals surface area contributed by atoms with E-state index in [4.69, 9.17) is 9.47 Å². The molecule has 0 aliphatic heterocycles. The van der Waals surface area contributed by atoms with Gasteiger partial charge in [-0.05, 0) is 122 Å². The first-order valence-corrected chi connectivity index (χ1v) is 15.0. The molecule has 0 aliphatic carbocycles. The summed E-state index contributed by atoms with van der Waals surface area (Å²) in [5.74, 6) is 0. The van der Waals surface area contributed by atoms with Crippen molar-refractivity contribution in [1.82, 2.24) is 18.9 Å². The molecule has 0 saturated heterocycles. The number of benzene rings is 2. The van der Waals surface area contributed by atoms with Gasteiger partial charge in [0.05, 0.1) is 11.0 Å². The Balaban J connectivity index is 1.57. The van der Waals surface area contributed by atoms with E-state index in [9.17, 15) is 9.59 Å². The average Bonchev–Trinajstić information content (AvgIpc) is 3.43. The molecule has 0 aliphatic rings. The molecule has 0 bridgehead atoms. The van der Waals surface area contributed by atoms with Crippen molar-refractivity contribution in [3.8, 4) is 0 Å². The van der Waals surface area contributed by atoms with E-state index in [0.29, 0.717) is 6.42 Å². The number of hydrogen-bond donors (Lipinski definition) is 0. The Kier molecular flexibility index (Phi) is 9.94. The quantitative estimate of drug-likeness (QED) is 0.145. The molecule has 2 aromatic carbocycles. The lowest BCUT2D eigenvalue weighted by atomic mass is 10.1. The van der Waals surface area contributed by atoms with Crippen molar-refractivity contribution in [3.05, 3.63) is 67.1 Å². The molecule has 39 heavy (non-hydrogen) atoms. The molecule has 0 saturated carbocycles. The van der Waals surface area contributed by atoms with E-state index in [1.165, 1.54) is 9.13 Å². The molecule has 2 aromatic heterocycles. The topological polar surface area (TPSA) is 68.9 Å². The number of fused-ring (bicyclic) bond motifs is 2. The molecule has 10 heteroatoms. The van der Waals surface area contributed by atoms with E-state index >= 15 is 0 Å². The second kappa shape index (κ2) is 13.0. The maximum Gasteiger partial charge on any atom is 0.421 e. The van der Waals surface area contributed by atoms with Gasteiger partial charge in [0.1, 0.15) is 0 Å². The van der Waals surface area contributed by atoms with Gasteiger partial charge >= 0.3 is 12.2 Å². The summed E-state index contributed by atoms with van der Waals surface area (Å²) in [6.07, 6.45) is 3.41. The molecule has 4 aromatic rings. The van der Waals surface area contributed by atoms with Crippen LogP contribution in [0.4, 0.5) is 9.59 Å². The van der Waals surface area contributed by atoms with E-state index in [0.717, 1.165) is 66.0 Å². The van der Waals surface area contributed by atoms with Crippen LogP contribution in [-0.4, -0.2) is 78.7 Å². The average molecular weight is 756 g/mol. The minimum atomic E-state index is -1.03. The molecule has 2 heterocycles. The van der Waals surface area contributed by atoms with Gasteiger partial charge in [-0.3, -0.25) is 9.13 Å². The Morgan fingerprint density at radius 1 is 0.769 bits per heavy atom. The highest BCUT2D eigenvalue weighted by Crippen LogP contribution is 2.27. The number of rotatable bonds is 9. The number of carbonyl (C=O) groups is 2. The summed E-state index contributed by atoms with van der Waals surface area (Å²) in [6.45, 7) is 3.54. The fraction of sp³-hybridized carbons (Fsp3) is 0.379. The first kappa shape index (κ1) is 29.8. The van der Waals surface area contributed by atoms with Gasteiger partial charge < -0.3 is 19.3 Å². The second-order valence-electron chi connectivity index (χ2n) is 10.1. The minimum absolute atomic E-state index is 0.325. The van der Waals surface area contributed by atoms with Crippen molar-refractivity contribution in [2.24, 2.45) is 0 Å². The van der Waals surface area contributed by atoms with Gasteiger partial charge in [-0.1, -0.05) is 19.1 Å². The molecule has 208 valence electrons. The van der Waals surface area contributed by atoms with Crippen LogP contribution >= 0.6 is 45.2 Å². The molecular weight excluding hydrogens is 722 g/mol. The number of hydrogen-bond acceptors (Lipinski definition) is 6. The lowest BCUT2D eigenvalue weighted by molar-refractivity contribution is -0.0611. The molecule has 0 fully saturated rings. The zero-order valence-electron chi connectivity index (χ0n) is 22.9. The Labute approximate surface area is 256 Å². The number of aromatic nitrogens is 2. The summed E-state index contributed by atoms with van der Waals surface area (Å²) in [5.41, 5.74) is 3.68. The molecule has 0 atom stereocenters. The van der Waals surface area contributed by atoms with Crippen molar-refractivity contribution < 1.29 is 19.1 Å². The van der Waals surface area contributed by atoms with E-state index in [-0.39, 0.29) is 0 Å². The van der Waals surface area contributed by atoms with Crippen LogP contribution in [0.3, 0.4) is 0 Å². The first-order valence-electron chi connectivity index (χ1n) is 12.9. The van der Waals surface area contributed by atoms with Gasteiger partial charge in [-0.15, -0.1) is 0 Å². The van der Waals surface area contributed by atoms with Crippen LogP contribution in [0.2, 0.25) is 0 Å². The third-order valence-electron chi connectivity index (χ3n) is 6.55. The van der Waals surface area contributed by atoms with Gasteiger partial charge in [0, 0.05) is 49.8 Å². The van der Waals surface area contributed by atoms with Crippen molar-refractivity contribution in [1.29, 1.82) is 0 Å². The summed E-state index contributed by atoms with van der Waals surface area (Å²) >= 11 is 4.47. The zero-order chi connectivity index (χ0) is 28.3. The number of halogens is 2. The third-order valence-corrected chi connectivity index (χ3v) is 7.89. The molecule has 4 rings (SSSR count). The Morgan fingerprint density at radius 2 is 1.18 bits per heavy atom. The van der Waals surface area contributed by atoms with E-state index in [2.05, 4.69) is 55.0 Å². The number of ether oxygens (including phenoxy) is 2. The van der Waals surface area contributed by atoms with E-state index in [1.807, 2.05) is 83.9 Å². The summed E-state index contributed by atoms with van der Waals surface area (Å²) in [7, 11) is 8.10. The van der Waals surface area contributed by atoms with Crippen molar-refractivity contribution in [3.63, 3.8) is 0 Å². The smallest absolute Gasteiger partial charge is 0.408 e. The number of nitrogens with zero attached hydrogens (tertiary/aromatic N) is 4. The van der Waals surface area contributed by atoms with E-state index < -0.39 is 18.5 Å². The summed E-state index contributed by atoms with van der Waals surface area (Å²) in [5, 5.41) is 2.02. The van der Waals surface area contributed by atoms with E-state index in [1.54, 1.807) is 0 Å². The standard InChI is InChI=1S/C29H34I2N4O4/c1-6-27(38-28(36)34-17-19(11-13-32(2)3)23-9-7-21(30)15-25(23)34)39-29(37)35-18-20(12-14-33(4)5)24-10-8-22(31)16-26(24)35/h7-10,15-18,27H,6,11-14H2,1-5H3. The van der Waals surface area contributed by atoms with Crippen LogP contribution in [0, 0.1) is 7.14 Å². The van der Waals surface area contributed by atoms with Gasteiger partial charge in [0.2, 0.25) is 0 Å². The third kappa shape index (κ3) is 7.14. The molecule has 0 radical (unpaired) electrons. The molecule has 0 unspecified atom stereocenters. The van der Waals surface area contributed by atoms with Crippen molar-refractivity contribution in [2.75, 3.05) is 41.3 Å². The Bertz CT molecular complexity index is 1380. The van der Waals surface area contributed by atoms with Crippen LogP contribution in [-0.2, 0) is 22.3 Å². The van der Waals surface area contributed by atoms with Crippen LogP contribution in [0.1, 0.15) is 24.5 Å². The zero-order valence-corrected chi connectivity index (χ0v) is 27.2. The van der Waals surface area contributed by atoms with Gasteiger partial charge in [0.25, 0.3) is 6.29 Å². The fourth-order valence-electron chi connectivity index (χ4n) is 4.46. The summed E-state index contributed by atoms with van der Waals surface area (Å²) in [6, 6.07) is 12.1. The Hall–Kier alpha value is -2.16. The highest BCUT2D eigenvalue weighted by Gasteiger charge is 2.23. The van der Waals surface area contributed by atoms with Gasteiger partial charge in [-0.2, -0.15) is 0 Å². The lowest BCUT2D eigenvalue weighted by Gasteiger charge is -2.17. The van der Waals surface area contributed by atoms with Crippen LogP contribution in [0.25, 0.3) is 21.8 Å². The minimum Gasteiger partial charge on any atom is -0.408 e. The molecule has 0 amide bonds. The first-order chi connectivity index (χ1) is 18.6. The summed E-state index contributed by atoms with van der Waals surface area (Å²) < 4.78 is 16.5. The summed E-state index contributed by atoms with van der Waals surface area (Å²) in [4.78, 5) is 30.9. The number of carbonyl (C=O) groups excluding carboxylic acids is 2. The predicted octanol–water partition coefficient (Wildman–Crippen LogP) is 6.42. The largest absolute Gasteiger partial charge is 0.421 e. The van der Waals surface area contributed by atoms with Crippen molar-refractivity contribution >= 4 is 79.2 Å². The van der Waals surface area contributed by atoms with Crippen LogP contribution in [0.5, 0.6) is 0 Å². The molecule has 0 N–H and O–H groups in total. The molecule has 0 spiro atoms. The maximum absolute atomic E-state index is 13.3. The van der Waals surface area contributed by atoms with Crippen LogP contribution in [0.15, 0.2) is 48.8 Å². The molecular formula is C29H34I2N4O4. The van der Waals surface area contributed by atoms with Gasteiger partial charge in [-0.25, -0.2) is 9.59 Å². The normalized spacial score (nSPS) is 11.8.